The molecule has 2 aromatic heterocycles. The Balaban J connectivity index is 1.02. The molecule has 1 atom stereocenters. The Labute approximate surface area is 809 Å². The number of fused-ring (bicyclic) bond motifs is 7. The van der Waals surface area contributed by atoms with Gasteiger partial charge in [-0.2, -0.15) is 0 Å². The molecule has 3 N–H and O–H groups in total. The van der Waals surface area contributed by atoms with Gasteiger partial charge in [-0.05, 0) is 49.2 Å². The van der Waals surface area contributed by atoms with E-state index in [9.17, 15) is 0 Å². The van der Waals surface area contributed by atoms with Crippen molar-refractivity contribution in [2.75, 3.05) is 288 Å². The van der Waals surface area contributed by atoms with Crippen LogP contribution in [0.1, 0.15) is 97.9 Å². The van der Waals surface area contributed by atoms with Crippen LogP contribution in [0.4, 0.5) is 0 Å². The number of methoxy groups -OCH3 is 6. The summed E-state index contributed by atoms with van der Waals surface area (Å²) in [5.41, 5.74) is 6.61. The number of rotatable bonds is 61. The SMILES string of the molecule is CCC1CC2=C3SC(=C4SC(SCCOCCOCCOC)=C(SCCOCCOCCOC)S4)SC3=C1C(C)(C)CNCC(C)(C)c1[nH]c(c3c1SC(=C1SC(SCCOCCOCCOC)=C(SCCOCCOCCOC)S1)S3)C(C)(C)c1[nH]c(c3c1SC(=C1SC(SCCOCCOCCOC)=C(SCCOCCOCCOC)S1)S3)C2(C)C. The number of ether oxygens (including phenoxy) is 18. The third kappa shape index (κ3) is 32.6. The first-order chi connectivity index (χ1) is 59.8. The number of thioether (sulfide) groups is 18. The lowest BCUT2D eigenvalue weighted by atomic mass is 9.67. The molecule has 10 heterocycles. The zero-order chi connectivity index (χ0) is 87.3. The molecule has 1 saturated heterocycles. The van der Waals surface area contributed by atoms with Crippen molar-refractivity contribution in [3.05, 3.63) is 94.6 Å². The van der Waals surface area contributed by atoms with E-state index >= 15 is 0 Å². The van der Waals surface area contributed by atoms with E-state index in [1.165, 1.54) is 109 Å². The van der Waals surface area contributed by atoms with Crippen molar-refractivity contribution >= 4 is 212 Å². The van der Waals surface area contributed by atoms with E-state index in [1.54, 1.807) is 48.2 Å². The second kappa shape index (κ2) is 57.9. The number of H-pyrrole nitrogens is 2. The smallest absolute Gasteiger partial charge is 0.0717 e. The van der Waals surface area contributed by atoms with Crippen LogP contribution in [0.3, 0.4) is 0 Å². The largest absolute Gasteiger partial charge is 0.382 e. The van der Waals surface area contributed by atoms with Gasteiger partial charge in [0.2, 0.25) is 0 Å². The van der Waals surface area contributed by atoms with E-state index in [0.717, 1.165) is 60.4 Å². The van der Waals surface area contributed by atoms with Crippen LogP contribution in [0.5, 0.6) is 0 Å². The summed E-state index contributed by atoms with van der Waals surface area (Å²) in [5, 5.41) is 4.24. The van der Waals surface area contributed by atoms with Crippen molar-refractivity contribution in [3.8, 4) is 0 Å². The highest BCUT2D eigenvalue weighted by Crippen LogP contribution is 2.73. The van der Waals surface area contributed by atoms with Gasteiger partial charge >= 0.3 is 0 Å². The molecule has 11 rings (SSSR count). The van der Waals surface area contributed by atoms with E-state index in [1.807, 2.05) is 212 Å². The van der Waals surface area contributed by atoms with Crippen LogP contribution in [0.15, 0.2) is 91.4 Å². The van der Waals surface area contributed by atoms with Crippen molar-refractivity contribution in [1.82, 2.24) is 15.3 Å². The average molecular weight is 2050 g/mol. The predicted octanol–water partition coefficient (Wildman–Crippen LogP) is 21.3. The predicted molar refractivity (Wildman–Crippen MR) is 541 cm³/mol. The van der Waals surface area contributed by atoms with Crippen LogP contribution in [0, 0.1) is 11.3 Å². The van der Waals surface area contributed by atoms with Crippen LogP contribution >= 0.6 is 212 Å². The molecule has 123 heavy (non-hydrogen) atoms. The fourth-order valence-corrected chi connectivity index (χ4v) is 40.8. The normalized spacial score (nSPS) is 19.4. The summed E-state index contributed by atoms with van der Waals surface area (Å²) in [6, 6.07) is 0. The fraction of sp³-hybridized carbons (Fsp3) is 0.714. The van der Waals surface area contributed by atoms with Gasteiger partial charge in [-0.1, -0.05) is 190 Å². The Morgan fingerprint density at radius 1 is 0.276 bits per heavy atom. The molecule has 0 radical (unpaired) electrons. The average Bonchev–Trinajstić information content (AvgIpc) is 1.55. The summed E-state index contributed by atoms with van der Waals surface area (Å²) in [7, 11) is 10.2. The Kier molecular flexibility index (Phi) is 50.4. The first kappa shape index (κ1) is 107. The van der Waals surface area contributed by atoms with Gasteiger partial charge in [0.1, 0.15) is 0 Å². The molecular formula is C84H129N3O18S18. The van der Waals surface area contributed by atoms with Gasteiger partial charge in [0.05, 0.1) is 249 Å². The molecular weight excluding hydrogens is 1920 g/mol. The molecule has 1 unspecified atom stereocenters. The van der Waals surface area contributed by atoms with Gasteiger partial charge in [-0.15, -0.1) is 70.6 Å². The van der Waals surface area contributed by atoms with Crippen LogP contribution in [0.25, 0.3) is 0 Å². The zero-order valence-electron chi connectivity index (χ0n) is 74.1. The number of aromatic amines is 2. The monoisotopic (exact) mass is 2040 g/mol. The van der Waals surface area contributed by atoms with Gasteiger partial charge in [-0.25, -0.2) is 0 Å². The van der Waals surface area contributed by atoms with Crippen LogP contribution in [-0.4, -0.2) is 298 Å². The molecule has 8 aliphatic heterocycles. The lowest BCUT2D eigenvalue weighted by Gasteiger charge is -2.42. The van der Waals surface area contributed by atoms with Crippen LogP contribution in [0.2, 0.25) is 0 Å². The van der Waals surface area contributed by atoms with Crippen molar-refractivity contribution in [2.24, 2.45) is 11.3 Å². The Hall–Kier alpha value is 2.02. The molecule has 9 aliphatic rings. The Morgan fingerprint density at radius 3 is 0.805 bits per heavy atom. The Morgan fingerprint density at radius 2 is 0.512 bits per heavy atom. The lowest BCUT2D eigenvalue weighted by molar-refractivity contribution is 0.0286. The highest BCUT2D eigenvalue weighted by atomic mass is 32.3. The topological polar surface area (TPSA) is 210 Å². The van der Waals surface area contributed by atoms with Gasteiger partial charge in [0, 0.05) is 159 Å². The quantitative estimate of drug-likeness (QED) is 0.0526. The summed E-state index contributed by atoms with van der Waals surface area (Å²) in [6.07, 6.45) is 1.99. The molecule has 0 spiro atoms. The Bertz CT molecular complexity index is 3780. The van der Waals surface area contributed by atoms with Crippen molar-refractivity contribution < 1.29 is 85.3 Å². The summed E-state index contributed by atoms with van der Waals surface area (Å²) < 4.78 is 119. The molecule has 39 heteroatoms. The van der Waals surface area contributed by atoms with E-state index in [-0.39, 0.29) is 10.8 Å². The molecule has 21 nitrogen and oxygen atoms in total. The molecule has 1 fully saturated rings. The molecule has 1 aliphatic carbocycles. The zero-order valence-corrected chi connectivity index (χ0v) is 88.8. The second-order valence-electron chi connectivity index (χ2n) is 30.6. The number of allylic oxidation sites excluding steroid dienone is 1. The van der Waals surface area contributed by atoms with E-state index < -0.39 is 10.8 Å². The number of aromatic nitrogens is 2. The summed E-state index contributed by atoms with van der Waals surface area (Å²) in [6.45, 7) is 41.0. The van der Waals surface area contributed by atoms with Crippen molar-refractivity contribution in [2.45, 2.75) is 111 Å². The number of hydrogen-bond donors (Lipinski definition) is 3. The van der Waals surface area contributed by atoms with Gasteiger partial charge in [0.25, 0.3) is 0 Å². The maximum absolute atomic E-state index is 6.17. The van der Waals surface area contributed by atoms with Gasteiger partial charge in [0.15, 0.2) is 0 Å². The first-order valence-electron chi connectivity index (χ1n) is 41.8. The fourth-order valence-electron chi connectivity index (χ4n) is 13.5. The first-order valence-corrected chi connectivity index (χ1v) is 57.5. The number of nitrogens with one attached hydrogen (secondary N) is 3. The minimum Gasteiger partial charge on any atom is -0.382 e. The van der Waals surface area contributed by atoms with E-state index in [2.05, 4.69) is 77.6 Å². The molecule has 0 amide bonds. The number of hydrogen-bond acceptors (Lipinski definition) is 37. The van der Waals surface area contributed by atoms with E-state index in [4.69, 9.17) is 85.3 Å². The molecule has 2 aromatic rings. The van der Waals surface area contributed by atoms with Gasteiger partial charge in [-0.3, -0.25) is 0 Å². The van der Waals surface area contributed by atoms with Crippen molar-refractivity contribution in [1.29, 1.82) is 0 Å². The second-order valence-corrected chi connectivity index (χ2v) is 52.6. The molecule has 0 saturated carbocycles. The summed E-state index contributed by atoms with van der Waals surface area (Å²) in [5.74, 6) is 5.29. The lowest BCUT2D eigenvalue weighted by Crippen LogP contribution is -2.41. The highest BCUT2D eigenvalue weighted by molar-refractivity contribution is 8.44. The minimum absolute atomic E-state index is 0.211. The standard InChI is InChI=1S/C84H129N3O18S18/c1-16-56-53-57-59-60(113-75(112-59)78-118-69(106-47-41-100-35-29-94-23-17-88-10)70(119-78)107-48-42-101-36-30-95-24-18-89-11)58(56)81(2,3)54-85-55-82(4,5)65-61-62(115-76(114-61)79-120-71(108-49-43-102-37-31-96-25-19-90-12)72(121-79)109-50-44-103-38-32-97-26-20-91-13)67(86-65)84(8,9)68-64-63(66(87-68)83(57,6)7)116-77(117-64)80-122-73(110-51-45-104-39-33-98-27-21-92-14)74(123-80)111-52-46-105-40-34-99-28-22-93-15/h56,85-87H,16-55H2,1-15H3. The van der Waals surface area contributed by atoms with E-state index in [0.29, 0.717) is 204 Å². The maximum Gasteiger partial charge on any atom is 0.0717 e. The molecule has 6 bridgehead atoms. The molecule has 0 aromatic carbocycles. The third-order valence-electron chi connectivity index (χ3n) is 19.9. The maximum atomic E-state index is 6.17. The highest BCUT2D eigenvalue weighted by Gasteiger charge is 2.51. The third-order valence-corrected chi connectivity index (χ3v) is 45.8. The van der Waals surface area contributed by atoms with Gasteiger partial charge < -0.3 is 101 Å². The minimum atomic E-state index is -0.546. The van der Waals surface area contributed by atoms with Crippen LogP contribution in [-0.2, 0) is 102 Å². The van der Waals surface area contributed by atoms with Crippen molar-refractivity contribution in [3.63, 3.8) is 0 Å². The van der Waals surface area contributed by atoms with Crippen LogP contribution < -0.4 is 5.32 Å². The summed E-state index contributed by atoms with van der Waals surface area (Å²) in [4.78, 5) is 17.1. The molecule has 696 valence electrons. The summed E-state index contributed by atoms with van der Waals surface area (Å²) >= 11 is 34.9.